The number of fused-ring (bicyclic) bond motifs is 2. The molecule has 5 rings (SSSR count). The smallest absolute Gasteiger partial charge is 0.244 e. The van der Waals surface area contributed by atoms with Gasteiger partial charge in [-0.1, -0.05) is 11.3 Å². The number of rotatable bonds is 6. The zero-order valence-electron chi connectivity index (χ0n) is 19.0. The van der Waals surface area contributed by atoms with E-state index >= 15 is 4.39 Å². The van der Waals surface area contributed by atoms with Gasteiger partial charge >= 0.3 is 0 Å². The second-order valence-electron chi connectivity index (χ2n) is 8.65. The number of benzene rings is 1. The fourth-order valence-corrected chi connectivity index (χ4v) is 4.37. The molecule has 0 unspecified atom stereocenters. The lowest BCUT2D eigenvalue weighted by atomic mass is 10.0. The Morgan fingerprint density at radius 2 is 2.15 bits per heavy atom. The molecule has 0 bridgehead atoms. The van der Waals surface area contributed by atoms with Gasteiger partial charge in [0, 0.05) is 13.1 Å². The van der Waals surface area contributed by atoms with E-state index in [0.717, 1.165) is 6.54 Å². The zero-order valence-corrected chi connectivity index (χ0v) is 19.0. The molecule has 4 heterocycles. The number of methoxy groups -OCH3 is 1. The van der Waals surface area contributed by atoms with Crippen LogP contribution in [-0.4, -0.2) is 80.6 Å². The highest BCUT2D eigenvalue weighted by atomic mass is 19.1. The Morgan fingerprint density at radius 1 is 1.32 bits per heavy atom. The predicted molar refractivity (Wildman–Crippen MR) is 121 cm³/mol. The number of ether oxygens (including phenoxy) is 1. The van der Waals surface area contributed by atoms with Gasteiger partial charge in [0.25, 0.3) is 0 Å². The van der Waals surface area contributed by atoms with Crippen molar-refractivity contribution >= 4 is 22.5 Å². The molecule has 0 amide bonds. The summed E-state index contributed by atoms with van der Waals surface area (Å²) in [5, 5.41) is 15.5. The molecule has 1 aliphatic heterocycles. The van der Waals surface area contributed by atoms with Crippen LogP contribution in [0, 0.1) is 5.82 Å². The second-order valence-corrected chi connectivity index (χ2v) is 8.65. The first-order valence-corrected chi connectivity index (χ1v) is 11.0. The summed E-state index contributed by atoms with van der Waals surface area (Å²) < 4.78 is 51.3. The zero-order chi connectivity index (χ0) is 24.0. The maximum absolute atomic E-state index is 15.2. The Hall–Kier alpha value is -3.41. The number of alkyl halides is 2. The van der Waals surface area contributed by atoms with Crippen molar-refractivity contribution in [2.45, 2.75) is 31.6 Å². The third kappa shape index (κ3) is 3.81. The molecule has 3 atom stereocenters. The predicted octanol–water partition coefficient (Wildman–Crippen LogP) is 3.27. The maximum Gasteiger partial charge on any atom is 0.244 e. The number of hydrogen-bond donors (Lipinski definition) is 1. The average molecular weight is 474 g/mol. The van der Waals surface area contributed by atoms with Crippen molar-refractivity contribution in [1.82, 2.24) is 34.5 Å². The van der Waals surface area contributed by atoms with E-state index in [4.69, 9.17) is 4.74 Å². The van der Waals surface area contributed by atoms with E-state index in [-0.39, 0.29) is 17.4 Å². The minimum absolute atomic E-state index is 0.142. The van der Waals surface area contributed by atoms with Crippen molar-refractivity contribution in [1.29, 1.82) is 0 Å². The van der Waals surface area contributed by atoms with E-state index in [1.165, 1.54) is 22.5 Å². The topological polar surface area (TPSA) is 85.4 Å². The van der Waals surface area contributed by atoms with Gasteiger partial charge in [-0.2, -0.15) is 4.98 Å². The van der Waals surface area contributed by atoms with Crippen molar-refractivity contribution < 1.29 is 17.9 Å². The molecule has 180 valence electrons. The molecule has 0 saturated carbocycles. The standard InChI is InChI=1S/C22H25F3N8O/c1-12(9-23)33-18-8-13(4-5-17(18)28-30-33)19-15(25)11-32-20(19)21(34-3)27-22(29-32)26-16-6-7-31(2)10-14(16)24/h4-5,8,11-12,14,16H,6-7,9-10H2,1-3H3,(H,26,29)/t12-,14-,16+/m0/s1. The van der Waals surface area contributed by atoms with Crippen molar-refractivity contribution in [2.24, 2.45) is 0 Å². The number of halogens is 3. The summed E-state index contributed by atoms with van der Waals surface area (Å²) >= 11 is 0. The van der Waals surface area contributed by atoms with Gasteiger partial charge in [-0.25, -0.2) is 22.4 Å². The van der Waals surface area contributed by atoms with Gasteiger partial charge in [0.15, 0.2) is 5.82 Å². The molecule has 1 N–H and O–H groups in total. The van der Waals surface area contributed by atoms with Crippen LogP contribution in [0.15, 0.2) is 24.4 Å². The SMILES string of the molecule is COc1nc(N[C@@H]2CCN(C)C[C@@H]2F)nn2cc(F)c(-c3ccc4nnn([C@@H](C)CF)c4c3)c12. The molecule has 1 aromatic carbocycles. The van der Waals surface area contributed by atoms with Crippen LogP contribution in [-0.2, 0) is 0 Å². The summed E-state index contributed by atoms with van der Waals surface area (Å²) in [6, 6.07) is 4.15. The molecule has 4 aromatic rings. The Balaban J connectivity index is 1.57. The van der Waals surface area contributed by atoms with Gasteiger partial charge in [-0.15, -0.1) is 10.2 Å². The van der Waals surface area contributed by atoms with Gasteiger partial charge in [-0.05, 0) is 38.1 Å². The first-order chi connectivity index (χ1) is 16.4. The molecule has 1 fully saturated rings. The lowest BCUT2D eigenvalue weighted by Gasteiger charge is -2.32. The number of piperidine rings is 1. The summed E-state index contributed by atoms with van der Waals surface area (Å²) in [7, 11) is 3.30. The van der Waals surface area contributed by atoms with Crippen LogP contribution in [0.1, 0.15) is 19.4 Å². The van der Waals surface area contributed by atoms with Crippen molar-refractivity contribution in [3.63, 3.8) is 0 Å². The Bertz CT molecular complexity index is 1340. The highest BCUT2D eigenvalue weighted by Gasteiger charge is 2.29. The Labute approximate surface area is 193 Å². The van der Waals surface area contributed by atoms with Crippen LogP contribution in [0.3, 0.4) is 0 Å². The highest BCUT2D eigenvalue weighted by molar-refractivity contribution is 5.89. The van der Waals surface area contributed by atoms with E-state index in [9.17, 15) is 8.78 Å². The number of hydrogen-bond acceptors (Lipinski definition) is 7. The first kappa shape index (κ1) is 22.4. The molecule has 3 aromatic heterocycles. The van der Waals surface area contributed by atoms with Crippen molar-refractivity contribution in [3.05, 3.63) is 30.2 Å². The van der Waals surface area contributed by atoms with E-state index in [1.54, 1.807) is 25.1 Å². The monoisotopic (exact) mass is 474 g/mol. The lowest BCUT2D eigenvalue weighted by Crippen LogP contribution is -2.46. The van der Waals surface area contributed by atoms with Crippen LogP contribution in [0.5, 0.6) is 5.88 Å². The minimum atomic E-state index is -1.09. The number of nitrogens with zero attached hydrogens (tertiary/aromatic N) is 7. The molecule has 9 nitrogen and oxygen atoms in total. The molecular formula is C22H25F3N8O. The van der Waals surface area contributed by atoms with Gasteiger partial charge in [-0.3, -0.25) is 0 Å². The van der Waals surface area contributed by atoms with Crippen LogP contribution in [0.2, 0.25) is 0 Å². The molecular weight excluding hydrogens is 449 g/mol. The number of likely N-dealkylation sites (tertiary alicyclic amines) is 1. The molecule has 0 spiro atoms. The van der Waals surface area contributed by atoms with Crippen LogP contribution < -0.4 is 10.1 Å². The molecule has 0 radical (unpaired) electrons. The lowest BCUT2D eigenvalue weighted by molar-refractivity contribution is 0.149. The quantitative estimate of drug-likeness (QED) is 0.459. The third-order valence-corrected chi connectivity index (χ3v) is 6.21. The highest BCUT2D eigenvalue weighted by Crippen LogP contribution is 2.35. The van der Waals surface area contributed by atoms with E-state index in [2.05, 4.69) is 25.7 Å². The van der Waals surface area contributed by atoms with Gasteiger partial charge in [0.05, 0.1) is 36.5 Å². The average Bonchev–Trinajstić information content (AvgIpc) is 3.39. The number of aromatic nitrogens is 6. The summed E-state index contributed by atoms with van der Waals surface area (Å²) in [5.74, 6) is -0.245. The third-order valence-electron chi connectivity index (χ3n) is 6.21. The van der Waals surface area contributed by atoms with Crippen molar-refractivity contribution in [2.75, 3.05) is 39.2 Å². The van der Waals surface area contributed by atoms with Crippen molar-refractivity contribution in [3.8, 4) is 17.0 Å². The number of nitrogens with one attached hydrogen (secondary N) is 1. The molecule has 12 heteroatoms. The Kier molecular flexibility index (Phi) is 5.76. The van der Waals surface area contributed by atoms with E-state index in [1.807, 2.05) is 11.9 Å². The molecule has 0 aliphatic carbocycles. The van der Waals surface area contributed by atoms with Gasteiger partial charge < -0.3 is 15.0 Å². The molecule has 1 aliphatic rings. The Morgan fingerprint density at radius 3 is 2.88 bits per heavy atom. The fraction of sp³-hybridized carbons (Fsp3) is 0.455. The summed E-state index contributed by atoms with van der Waals surface area (Å²) in [6.45, 7) is 2.14. The summed E-state index contributed by atoms with van der Waals surface area (Å²) in [5.41, 5.74) is 2.22. The molecule has 34 heavy (non-hydrogen) atoms. The maximum atomic E-state index is 15.2. The van der Waals surface area contributed by atoms with Crippen LogP contribution in [0.25, 0.3) is 27.7 Å². The number of anilines is 1. The second kappa shape index (κ2) is 8.75. The van der Waals surface area contributed by atoms with Crippen LogP contribution in [0.4, 0.5) is 19.1 Å². The normalized spacial score (nSPS) is 20.2. The first-order valence-electron chi connectivity index (χ1n) is 11.0. The largest absolute Gasteiger partial charge is 0.479 e. The minimum Gasteiger partial charge on any atom is -0.479 e. The summed E-state index contributed by atoms with van der Waals surface area (Å²) in [6.07, 6.45) is 0.731. The summed E-state index contributed by atoms with van der Waals surface area (Å²) in [4.78, 5) is 6.31. The molecule has 1 saturated heterocycles. The van der Waals surface area contributed by atoms with E-state index < -0.39 is 30.7 Å². The van der Waals surface area contributed by atoms with Gasteiger partial charge in [0.2, 0.25) is 11.8 Å². The van der Waals surface area contributed by atoms with Gasteiger partial charge in [0.1, 0.15) is 23.9 Å². The van der Waals surface area contributed by atoms with Crippen LogP contribution >= 0.6 is 0 Å². The fourth-order valence-electron chi connectivity index (χ4n) is 4.37. The van der Waals surface area contributed by atoms with E-state index in [0.29, 0.717) is 35.1 Å².